The smallest absolute Gasteiger partial charge is 0.0673 e. The molecular weight excluding hydrogens is 136 g/mol. The molecule has 1 saturated heterocycles. The molecule has 1 heterocycles. The van der Waals surface area contributed by atoms with Crippen molar-refractivity contribution >= 4 is 0 Å². The van der Waals surface area contributed by atoms with E-state index in [2.05, 4.69) is 10.2 Å². The quantitative estimate of drug-likeness (QED) is 0.663. The third kappa shape index (κ3) is 3.42. The molecule has 0 atom stereocenters. The zero-order valence-corrected chi connectivity index (χ0v) is 7.34. The van der Waals surface area contributed by atoms with Gasteiger partial charge in [0.25, 0.3) is 0 Å². The van der Waals surface area contributed by atoms with Crippen molar-refractivity contribution in [1.29, 1.82) is 0 Å². The lowest BCUT2D eigenvalue weighted by Crippen LogP contribution is -2.35. The van der Waals surface area contributed by atoms with Gasteiger partial charge in [0.2, 0.25) is 0 Å². The fourth-order valence-corrected chi connectivity index (χ4v) is 1.42. The number of nitrogens with zero attached hydrogens (tertiary/aromatic N) is 1. The summed E-state index contributed by atoms with van der Waals surface area (Å²) in [6, 6.07) is 0. The molecule has 2 heteroatoms. The topological polar surface area (TPSA) is 15.3 Å². The Morgan fingerprint density at radius 1 is 1.27 bits per heavy atom. The Labute approximate surface area is 69.3 Å². The van der Waals surface area contributed by atoms with Gasteiger partial charge in [0, 0.05) is 0 Å². The van der Waals surface area contributed by atoms with Crippen molar-refractivity contribution < 1.29 is 0 Å². The Morgan fingerprint density at radius 2 is 2.00 bits per heavy atom. The number of rotatable bonds is 3. The molecule has 0 aliphatic carbocycles. The molecule has 1 rings (SSSR count). The van der Waals surface area contributed by atoms with Gasteiger partial charge in [0.1, 0.15) is 0 Å². The molecule has 0 amide bonds. The summed E-state index contributed by atoms with van der Waals surface area (Å²) in [6.45, 7) is 5.59. The number of nitrogens with one attached hydrogen (secondary N) is 1. The Kier molecular flexibility index (Phi) is 4.06. The van der Waals surface area contributed by atoms with Gasteiger partial charge < -0.3 is 5.32 Å². The second kappa shape index (κ2) is 5.19. The highest BCUT2D eigenvalue weighted by atomic mass is 15.2. The first-order chi connectivity index (χ1) is 5.43. The van der Waals surface area contributed by atoms with Gasteiger partial charge in [-0.15, -0.1) is 0 Å². The molecule has 0 bridgehead atoms. The van der Waals surface area contributed by atoms with Crippen LogP contribution >= 0.6 is 0 Å². The maximum Gasteiger partial charge on any atom is 0.0673 e. The van der Waals surface area contributed by atoms with Gasteiger partial charge in [-0.05, 0) is 39.1 Å². The maximum atomic E-state index is 3.25. The summed E-state index contributed by atoms with van der Waals surface area (Å²) < 4.78 is 0. The molecule has 2 nitrogen and oxygen atoms in total. The summed E-state index contributed by atoms with van der Waals surface area (Å²) in [5, 5.41) is 3.25. The predicted octanol–water partition coefficient (Wildman–Crippen LogP) is 1.55. The zero-order chi connectivity index (χ0) is 7.94. The number of allylic oxidation sites excluding steroid dienone is 1. The Morgan fingerprint density at radius 3 is 2.64 bits per heavy atom. The minimum absolute atomic E-state index is 1.02. The molecule has 0 aromatic rings. The van der Waals surface area contributed by atoms with E-state index >= 15 is 0 Å². The molecule has 0 aromatic heterocycles. The number of piperidine rings is 1. The average molecular weight is 154 g/mol. The summed E-state index contributed by atoms with van der Waals surface area (Å²) >= 11 is 0. The van der Waals surface area contributed by atoms with Crippen LogP contribution in [0.1, 0.15) is 26.2 Å². The van der Waals surface area contributed by atoms with Crippen LogP contribution in [0.3, 0.4) is 0 Å². The van der Waals surface area contributed by atoms with Crippen LogP contribution in [0, 0.1) is 0 Å². The average Bonchev–Trinajstić information content (AvgIpc) is 2.07. The van der Waals surface area contributed by atoms with E-state index in [1.54, 1.807) is 0 Å². The maximum absolute atomic E-state index is 3.25. The fourth-order valence-electron chi connectivity index (χ4n) is 1.42. The van der Waals surface area contributed by atoms with Crippen molar-refractivity contribution in [1.82, 2.24) is 10.2 Å². The van der Waals surface area contributed by atoms with Gasteiger partial charge in [-0.1, -0.05) is 12.5 Å². The first-order valence-corrected chi connectivity index (χ1v) is 4.50. The molecule has 0 radical (unpaired) electrons. The second-order valence-corrected chi connectivity index (χ2v) is 3.04. The summed E-state index contributed by atoms with van der Waals surface area (Å²) in [6.07, 6.45) is 8.20. The second-order valence-electron chi connectivity index (χ2n) is 3.04. The Hall–Kier alpha value is -0.500. The van der Waals surface area contributed by atoms with Gasteiger partial charge >= 0.3 is 0 Å². The first kappa shape index (κ1) is 8.60. The van der Waals surface area contributed by atoms with E-state index in [9.17, 15) is 0 Å². The minimum atomic E-state index is 1.02. The molecule has 0 saturated carbocycles. The van der Waals surface area contributed by atoms with E-state index < -0.39 is 0 Å². The first-order valence-electron chi connectivity index (χ1n) is 4.50. The van der Waals surface area contributed by atoms with E-state index in [1.807, 2.05) is 19.2 Å². The molecule has 11 heavy (non-hydrogen) atoms. The molecule has 0 unspecified atom stereocenters. The monoisotopic (exact) mass is 154 g/mol. The summed E-state index contributed by atoms with van der Waals surface area (Å²) in [5.41, 5.74) is 0. The molecule has 1 fully saturated rings. The van der Waals surface area contributed by atoms with Crippen molar-refractivity contribution in [3.8, 4) is 0 Å². The fraction of sp³-hybridized carbons (Fsp3) is 0.778. The third-order valence-electron chi connectivity index (χ3n) is 2.05. The van der Waals surface area contributed by atoms with Crippen molar-refractivity contribution in [2.24, 2.45) is 0 Å². The van der Waals surface area contributed by atoms with Crippen LogP contribution in [0.2, 0.25) is 0 Å². The van der Waals surface area contributed by atoms with Crippen LogP contribution in [0.5, 0.6) is 0 Å². The lowest BCUT2D eigenvalue weighted by Gasteiger charge is -2.25. The van der Waals surface area contributed by atoms with Crippen LogP contribution < -0.4 is 5.32 Å². The van der Waals surface area contributed by atoms with Gasteiger partial charge in [-0.2, -0.15) is 0 Å². The summed E-state index contributed by atoms with van der Waals surface area (Å²) in [5.74, 6) is 0. The highest BCUT2D eigenvalue weighted by molar-refractivity contribution is 4.74. The molecule has 1 aliphatic rings. The molecule has 1 aliphatic heterocycles. The lowest BCUT2D eigenvalue weighted by atomic mass is 10.1. The SMILES string of the molecule is CC=CNCN1CCCCC1. The van der Waals surface area contributed by atoms with Gasteiger partial charge in [-0.25, -0.2) is 0 Å². The predicted molar refractivity (Wildman–Crippen MR) is 48.2 cm³/mol. The summed E-state index contributed by atoms with van der Waals surface area (Å²) in [7, 11) is 0. The summed E-state index contributed by atoms with van der Waals surface area (Å²) in [4.78, 5) is 2.46. The standard InChI is InChI=1S/C9H18N2/c1-2-6-10-9-11-7-4-3-5-8-11/h2,6,10H,3-5,7-9H2,1H3. The van der Waals surface area contributed by atoms with E-state index in [0.29, 0.717) is 0 Å². The van der Waals surface area contributed by atoms with Crippen molar-refractivity contribution in [3.05, 3.63) is 12.3 Å². The molecule has 1 N–H and O–H groups in total. The van der Waals surface area contributed by atoms with Gasteiger partial charge in [0.05, 0.1) is 6.67 Å². The molecule has 0 spiro atoms. The normalized spacial score (nSPS) is 20.8. The van der Waals surface area contributed by atoms with Gasteiger partial charge in [-0.3, -0.25) is 4.90 Å². The van der Waals surface area contributed by atoms with Crippen molar-refractivity contribution in [2.75, 3.05) is 19.8 Å². The molecular formula is C9H18N2. The lowest BCUT2D eigenvalue weighted by molar-refractivity contribution is 0.221. The van der Waals surface area contributed by atoms with Gasteiger partial charge in [0.15, 0.2) is 0 Å². The van der Waals surface area contributed by atoms with E-state index in [-0.39, 0.29) is 0 Å². The van der Waals surface area contributed by atoms with Crippen LogP contribution in [-0.4, -0.2) is 24.7 Å². The molecule has 64 valence electrons. The van der Waals surface area contributed by atoms with Crippen molar-refractivity contribution in [3.63, 3.8) is 0 Å². The van der Waals surface area contributed by atoms with Crippen LogP contribution in [-0.2, 0) is 0 Å². The number of hydrogen-bond acceptors (Lipinski definition) is 2. The number of likely N-dealkylation sites (tertiary alicyclic amines) is 1. The molecule has 0 aromatic carbocycles. The third-order valence-corrected chi connectivity index (χ3v) is 2.05. The van der Waals surface area contributed by atoms with Crippen LogP contribution in [0.15, 0.2) is 12.3 Å². The highest BCUT2D eigenvalue weighted by Crippen LogP contribution is 2.06. The van der Waals surface area contributed by atoms with E-state index in [1.165, 1.54) is 32.4 Å². The van der Waals surface area contributed by atoms with Crippen LogP contribution in [0.25, 0.3) is 0 Å². The Balaban J connectivity index is 2.04. The Bertz CT molecular complexity index is 115. The number of hydrogen-bond donors (Lipinski definition) is 1. The minimum Gasteiger partial charge on any atom is -0.378 e. The largest absolute Gasteiger partial charge is 0.378 e. The highest BCUT2D eigenvalue weighted by Gasteiger charge is 2.07. The zero-order valence-electron chi connectivity index (χ0n) is 7.34. The van der Waals surface area contributed by atoms with E-state index in [4.69, 9.17) is 0 Å². The van der Waals surface area contributed by atoms with E-state index in [0.717, 1.165) is 6.67 Å². The van der Waals surface area contributed by atoms with Crippen molar-refractivity contribution in [2.45, 2.75) is 26.2 Å². The van der Waals surface area contributed by atoms with Crippen LogP contribution in [0.4, 0.5) is 0 Å².